The molecule has 0 fully saturated rings. The Balaban J connectivity index is 2.53. The number of hydrogen-bond acceptors (Lipinski definition) is 3. The van der Waals surface area contributed by atoms with Crippen LogP contribution in [-0.4, -0.2) is 16.5 Å². The van der Waals surface area contributed by atoms with Gasteiger partial charge in [-0.05, 0) is 0 Å². The quantitative estimate of drug-likeness (QED) is 0.568. The van der Waals surface area contributed by atoms with Crippen molar-refractivity contribution >= 4 is 17.4 Å². The summed E-state index contributed by atoms with van der Waals surface area (Å²) >= 11 is 5.72. The molecule has 1 rings (SSSR count). The third-order valence-corrected chi connectivity index (χ3v) is 1.49. The minimum absolute atomic E-state index is 0.370. The highest BCUT2D eigenvalue weighted by molar-refractivity contribution is 6.31. The number of nitrogens with one attached hydrogen (secondary N) is 1. The van der Waals surface area contributed by atoms with E-state index in [0.717, 1.165) is 0 Å². The second-order valence-corrected chi connectivity index (χ2v) is 2.43. The third-order valence-electron chi connectivity index (χ3n) is 1.22. The molecule has 0 aliphatic rings. The Bertz CT molecular complexity index is 293. The lowest BCUT2D eigenvalue weighted by atomic mass is 10.4. The van der Waals surface area contributed by atoms with Gasteiger partial charge < -0.3 is 5.32 Å². The first-order valence-electron chi connectivity index (χ1n) is 3.48. The van der Waals surface area contributed by atoms with Crippen LogP contribution in [0.1, 0.15) is 6.42 Å². The van der Waals surface area contributed by atoms with E-state index in [2.05, 4.69) is 21.2 Å². The van der Waals surface area contributed by atoms with E-state index in [-0.39, 0.29) is 0 Å². The summed E-state index contributed by atoms with van der Waals surface area (Å²) in [5.41, 5.74) is 0. The van der Waals surface area contributed by atoms with Crippen LogP contribution in [-0.2, 0) is 0 Å². The highest BCUT2D eigenvalue weighted by atomic mass is 35.5. The largest absolute Gasteiger partial charge is 0.367 e. The molecule has 0 saturated carbocycles. The van der Waals surface area contributed by atoms with Crippen molar-refractivity contribution in [2.24, 2.45) is 0 Å². The molecule has 0 radical (unpaired) electrons. The fraction of sp³-hybridized carbons (Fsp3) is 0.250. The zero-order valence-electron chi connectivity index (χ0n) is 6.42. The summed E-state index contributed by atoms with van der Waals surface area (Å²) in [5, 5.41) is 3.34. The molecular formula is C8H8ClN3. The number of anilines is 1. The summed E-state index contributed by atoms with van der Waals surface area (Å²) in [6, 6.07) is 0. The summed E-state index contributed by atoms with van der Waals surface area (Å²) in [6.45, 7) is 0.662. The van der Waals surface area contributed by atoms with E-state index in [0.29, 0.717) is 23.9 Å². The van der Waals surface area contributed by atoms with Crippen LogP contribution in [0.3, 0.4) is 0 Å². The number of aromatic nitrogens is 2. The van der Waals surface area contributed by atoms with E-state index in [9.17, 15) is 0 Å². The first-order valence-corrected chi connectivity index (χ1v) is 3.86. The van der Waals surface area contributed by atoms with Crippen LogP contribution < -0.4 is 5.32 Å². The first-order chi connectivity index (χ1) is 5.84. The van der Waals surface area contributed by atoms with E-state index in [1.807, 2.05) is 0 Å². The molecule has 4 heteroatoms. The van der Waals surface area contributed by atoms with Crippen LogP contribution >= 0.6 is 11.6 Å². The molecule has 0 amide bonds. The van der Waals surface area contributed by atoms with Gasteiger partial charge in [-0.3, -0.25) is 0 Å². The third kappa shape index (κ3) is 2.40. The molecular weight excluding hydrogens is 174 g/mol. The van der Waals surface area contributed by atoms with Gasteiger partial charge in [-0.25, -0.2) is 9.97 Å². The molecule has 0 aliphatic heterocycles. The van der Waals surface area contributed by atoms with Gasteiger partial charge in [0.1, 0.15) is 0 Å². The molecule has 12 heavy (non-hydrogen) atoms. The zero-order valence-corrected chi connectivity index (χ0v) is 7.17. The van der Waals surface area contributed by atoms with Crippen LogP contribution in [0, 0.1) is 12.3 Å². The Morgan fingerprint density at radius 2 is 2.25 bits per heavy atom. The van der Waals surface area contributed by atoms with Gasteiger partial charge >= 0.3 is 0 Å². The average Bonchev–Trinajstić information content (AvgIpc) is 2.09. The van der Waals surface area contributed by atoms with E-state index in [1.165, 1.54) is 6.20 Å². The van der Waals surface area contributed by atoms with Crippen molar-refractivity contribution in [2.45, 2.75) is 6.42 Å². The number of hydrogen-bond donors (Lipinski definition) is 1. The Hall–Kier alpha value is -1.27. The van der Waals surface area contributed by atoms with Crippen molar-refractivity contribution in [2.75, 3.05) is 11.9 Å². The predicted octanol–water partition coefficient (Wildman–Crippen LogP) is 1.57. The zero-order chi connectivity index (χ0) is 8.81. The lowest BCUT2D eigenvalue weighted by Crippen LogP contribution is -2.03. The molecule has 0 aliphatic carbocycles. The first kappa shape index (κ1) is 8.82. The Morgan fingerprint density at radius 1 is 1.50 bits per heavy atom. The number of nitrogens with zero attached hydrogens (tertiary/aromatic N) is 2. The highest BCUT2D eigenvalue weighted by Crippen LogP contribution is 2.13. The molecule has 0 atom stereocenters. The molecule has 1 aromatic rings. The SMILES string of the molecule is C#CCCNc1nccnc1Cl. The Kier molecular flexibility index (Phi) is 3.36. The fourth-order valence-corrected chi connectivity index (χ4v) is 0.865. The van der Waals surface area contributed by atoms with Crippen LogP contribution in [0.2, 0.25) is 5.15 Å². The standard InChI is InChI=1S/C8H8ClN3/c1-2-3-4-11-8-7(9)10-5-6-12-8/h1,5-6H,3-4H2,(H,11,12). The van der Waals surface area contributed by atoms with E-state index >= 15 is 0 Å². The van der Waals surface area contributed by atoms with E-state index in [4.69, 9.17) is 18.0 Å². The highest BCUT2D eigenvalue weighted by Gasteiger charge is 1.98. The topological polar surface area (TPSA) is 37.8 Å². The van der Waals surface area contributed by atoms with Gasteiger partial charge in [0.2, 0.25) is 0 Å². The summed E-state index contributed by atoms with van der Waals surface area (Å²) in [6.07, 6.45) is 8.83. The van der Waals surface area contributed by atoms with Gasteiger partial charge in [0.15, 0.2) is 11.0 Å². The van der Waals surface area contributed by atoms with Crippen molar-refractivity contribution in [1.82, 2.24) is 9.97 Å². The molecule has 0 spiro atoms. The molecule has 3 nitrogen and oxygen atoms in total. The van der Waals surface area contributed by atoms with Crippen molar-refractivity contribution in [3.63, 3.8) is 0 Å². The van der Waals surface area contributed by atoms with Gasteiger partial charge in [0.05, 0.1) is 0 Å². The number of rotatable bonds is 3. The van der Waals surface area contributed by atoms with Gasteiger partial charge in [-0.1, -0.05) is 11.6 Å². The van der Waals surface area contributed by atoms with Gasteiger partial charge in [0.25, 0.3) is 0 Å². The molecule has 0 aromatic carbocycles. The van der Waals surface area contributed by atoms with Crippen LogP contribution in [0.15, 0.2) is 12.4 Å². The van der Waals surface area contributed by atoms with Crippen molar-refractivity contribution in [1.29, 1.82) is 0 Å². The molecule has 62 valence electrons. The van der Waals surface area contributed by atoms with Crippen molar-refractivity contribution in [3.05, 3.63) is 17.5 Å². The van der Waals surface area contributed by atoms with Crippen LogP contribution in [0.25, 0.3) is 0 Å². The summed E-state index contributed by atoms with van der Waals surface area (Å²) in [5.74, 6) is 3.08. The van der Waals surface area contributed by atoms with Gasteiger partial charge in [-0.15, -0.1) is 12.3 Å². The fourth-order valence-electron chi connectivity index (χ4n) is 0.693. The van der Waals surface area contributed by atoms with Gasteiger partial charge in [0, 0.05) is 25.4 Å². The molecule has 0 bridgehead atoms. The summed E-state index contributed by atoms with van der Waals surface area (Å²) < 4.78 is 0. The maximum Gasteiger partial charge on any atom is 0.171 e. The van der Waals surface area contributed by atoms with Crippen LogP contribution in [0.5, 0.6) is 0 Å². The molecule has 1 N–H and O–H groups in total. The summed E-state index contributed by atoms with van der Waals surface area (Å²) in [7, 11) is 0. The lowest BCUT2D eigenvalue weighted by Gasteiger charge is -2.02. The Labute approximate surface area is 76.2 Å². The second-order valence-electron chi connectivity index (χ2n) is 2.08. The van der Waals surface area contributed by atoms with E-state index < -0.39 is 0 Å². The average molecular weight is 182 g/mol. The number of terminal acetylenes is 1. The number of halogens is 1. The van der Waals surface area contributed by atoms with Crippen LogP contribution in [0.4, 0.5) is 5.82 Å². The minimum atomic E-state index is 0.370. The lowest BCUT2D eigenvalue weighted by molar-refractivity contribution is 1.06. The molecule has 0 unspecified atom stereocenters. The summed E-state index contributed by atoms with van der Waals surface area (Å²) in [4.78, 5) is 7.82. The monoisotopic (exact) mass is 181 g/mol. The maximum absolute atomic E-state index is 5.72. The Morgan fingerprint density at radius 3 is 2.92 bits per heavy atom. The smallest absolute Gasteiger partial charge is 0.171 e. The molecule has 1 aromatic heterocycles. The van der Waals surface area contributed by atoms with Gasteiger partial charge in [-0.2, -0.15) is 0 Å². The normalized spacial score (nSPS) is 9.00. The molecule has 1 heterocycles. The van der Waals surface area contributed by atoms with E-state index in [1.54, 1.807) is 6.20 Å². The predicted molar refractivity (Wildman–Crippen MR) is 49.0 cm³/mol. The van der Waals surface area contributed by atoms with Crippen molar-refractivity contribution < 1.29 is 0 Å². The minimum Gasteiger partial charge on any atom is -0.367 e. The molecule has 0 saturated heterocycles. The second kappa shape index (κ2) is 4.58. The van der Waals surface area contributed by atoms with Crippen molar-refractivity contribution in [3.8, 4) is 12.3 Å². The maximum atomic E-state index is 5.72.